The number of para-hydroxylation sites is 1. The summed E-state index contributed by atoms with van der Waals surface area (Å²) in [6, 6.07) is 16.9. The molecule has 0 radical (unpaired) electrons. The molecule has 0 bridgehead atoms. The Morgan fingerprint density at radius 2 is 1.35 bits per heavy atom. The second kappa shape index (κ2) is 6.64. The summed E-state index contributed by atoms with van der Waals surface area (Å²) < 4.78 is 17.0. The topological polar surface area (TPSA) is 46.5 Å². The predicted molar refractivity (Wildman–Crippen MR) is 63.0 cm³/mol. The number of benzene rings is 2. The fraction of sp³-hybridized carbons (Fsp3) is 0. The standard InChI is InChI=1S/C12H11O3P.Nd/c13-16(14,12-9-5-2-6-10-12)15-11-7-3-1-4-8-11;/h1-10H,(H,13,14);. The summed E-state index contributed by atoms with van der Waals surface area (Å²) in [6.07, 6.45) is 0. The Labute approximate surface area is 133 Å². The van der Waals surface area contributed by atoms with Crippen LogP contribution in [0.15, 0.2) is 60.7 Å². The Kier molecular flexibility index (Phi) is 5.80. The zero-order valence-corrected chi connectivity index (χ0v) is 13.1. The molecule has 2 aromatic rings. The van der Waals surface area contributed by atoms with Crippen molar-refractivity contribution in [3.63, 3.8) is 0 Å². The Bertz CT molecular complexity index is 502. The molecular weight excluding hydrogens is 367 g/mol. The van der Waals surface area contributed by atoms with Gasteiger partial charge >= 0.3 is 7.60 Å². The minimum atomic E-state index is -3.77. The van der Waals surface area contributed by atoms with Crippen LogP contribution in [0.1, 0.15) is 0 Å². The van der Waals surface area contributed by atoms with E-state index in [1.807, 2.05) is 6.07 Å². The molecule has 5 heteroatoms. The van der Waals surface area contributed by atoms with Crippen LogP contribution in [0, 0.1) is 40.8 Å². The van der Waals surface area contributed by atoms with Crippen molar-refractivity contribution in [2.24, 2.45) is 0 Å². The first-order chi connectivity index (χ1) is 7.68. The fourth-order valence-corrected chi connectivity index (χ4v) is 2.36. The maximum absolute atomic E-state index is 11.9. The van der Waals surface area contributed by atoms with Gasteiger partial charge in [0.05, 0.1) is 5.30 Å². The first kappa shape index (κ1) is 14.8. The van der Waals surface area contributed by atoms with Gasteiger partial charge in [-0.25, -0.2) is 4.57 Å². The average Bonchev–Trinajstić information content (AvgIpc) is 2.31. The van der Waals surface area contributed by atoms with E-state index >= 15 is 0 Å². The monoisotopic (exact) mass is 376 g/mol. The van der Waals surface area contributed by atoms with Crippen LogP contribution in [-0.4, -0.2) is 4.89 Å². The zero-order valence-electron chi connectivity index (χ0n) is 8.98. The number of hydrogen-bond acceptors (Lipinski definition) is 2. The molecular formula is C12H11NdO3P. The van der Waals surface area contributed by atoms with E-state index in [0.717, 1.165) is 0 Å². The van der Waals surface area contributed by atoms with Crippen molar-refractivity contribution in [1.29, 1.82) is 0 Å². The summed E-state index contributed by atoms with van der Waals surface area (Å²) in [4.78, 5) is 9.77. The molecule has 0 aliphatic carbocycles. The van der Waals surface area contributed by atoms with Crippen molar-refractivity contribution in [3.8, 4) is 5.75 Å². The molecule has 1 unspecified atom stereocenters. The zero-order chi connectivity index (χ0) is 11.4. The van der Waals surface area contributed by atoms with Gasteiger partial charge in [0, 0.05) is 40.8 Å². The molecule has 0 heterocycles. The van der Waals surface area contributed by atoms with E-state index in [1.165, 1.54) is 0 Å². The Morgan fingerprint density at radius 1 is 0.882 bits per heavy atom. The molecule has 86 valence electrons. The molecule has 0 saturated heterocycles. The molecule has 1 atom stereocenters. The minimum Gasteiger partial charge on any atom is -0.421 e. The van der Waals surface area contributed by atoms with Gasteiger partial charge in [-0.2, -0.15) is 0 Å². The van der Waals surface area contributed by atoms with Crippen LogP contribution < -0.4 is 9.83 Å². The normalized spacial score (nSPS) is 13.2. The van der Waals surface area contributed by atoms with Gasteiger partial charge in [0.1, 0.15) is 5.75 Å². The van der Waals surface area contributed by atoms with E-state index in [9.17, 15) is 9.46 Å². The molecule has 0 aromatic heterocycles. The summed E-state index contributed by atoms with van der Waals surface area (Å²) in [5.74, 6) is 0.386. The van der Waals surface area contributed by atoms with Crippen LogP contribution in [0.3, 0.4) is 0 Å². The van der Waals surface area contributed by atoms with Gasteiger partial charge in [0.25, 0.3) is 0 Å². The average molecular weight is 378 g/mol. The Morgan fingerprint density at radius 3 is 1.88 bits per heavy atom. The third-order valence-corrected chi connectivity index (χ3v) is 3.46. The van der Waals surface area contributed by atoms with Crippen molar-refractivity contribution in [2.75, 3.05) is 0 Å². The molecule has 2 rings (SSSR count). The van der Waals surface area contributed by atoms with Crippen LogP contribution in [-0.2, 0) is 4.57 Å². The van der Waals surface area contributed by atoms with Crippen molar-refractivity contribution in [2.45, 2.75) is 0 Å². The van der Waals surface area contributed by atoms with Crippen molar-refractivity contribution >= 4 is 12.9 Å². The second-order valence-corrected chi connectivity index (χ2v) is 5.00. The van der Waals surface area contributed by atoms with E-state index in [4.69, 9.17) is 4.52 Å². The second-order valence-electron chi connectivity index (χ2n) is 3.26. The van der Waals surface area contributed by atoms with E-state index in [1.54, 1.807) is 54.6 Å². The van der Waals surface area contributed by atoms with Gasteiger partial charge in [0.15, 0.2) is 0 Å². The van der Waals surface area contributed by atoms with Gasteiger partial charge in [-0.05, 0) is 24.3 Å². The summed E-state index contributed by atoms with van der Waals surface area (Å²) in [5.41, 5.74) is 0. The SMILES string of the molecule is O=P(O)(Oc1ccccc1)c1ccccc1.[Nd]. The molecule has 2 aromatic carbocycles. The molecule has 0 aliphatic heterocycles. The van der Waals surface area contributed by atoms with Crippen LogP contribution in [0.25, 0.3) is 0 Å². The first-order valence-electron chi connectivity index (χ1n) is 4.81. The number of hydrogen-bond donors (Lipinski definition) is 1. The smallest absolute Gasteiger partial charge is 0.408 e. The fourth-order valence-electron chi connectivity index (χ4n) is 1.29. The van der Waals surface area contributed by atoms with Gasteiger partial charge in [-0.1, -0.05) is 36.4 Å². The summed E-state index contributed by atoms with van der Waals surface area (Å²) in [6.45, 7) is 0. The van der Waals surface area contributed by atoms with Crippen molar-refractivity contribution < 1.29 is 54.8 Å². The molecule has 1 N–H and O–H groups in total. The first-order valence-corrected chi connectivity index (χ1v) is 6.39. The van der Waals surface area contributed by atoms with Gasteiger partial charge in [-0.3, -0.25) is 0 Å². The largest absolute Gasteiger partial charge is 0.421 e. The maximum atomic E-state index is 11.9. The summed E-state index contributed by atoms with van der Waals surface area (Å²) in [7, 11) is -3.77. The van der Waals surface area contributed by atoms with Gasteiger partial charge in [-0.15, -0.1) is 0 Å². The molecule has 0 saturated carbocycles. The van der Waals surface area contributed by atoms with Crippen LogP contribution in [0.5, 0.6) is 5.75 Å². The Hall–Kier alpha value is -0.219. The third kappa shape index (κ3) is 4.18. The predicted octanol–water partition coefficient (Wildman–Crippen LogP) is 2.58. The third-order valence-electron chi connectivity index (χ3n) is 2.05. The summed E-state index contributed by atoms with van der Waals surface area (Å²) in [5, 5.41) is 0.291. The van der Waals surface area contributed by atoms with Gasteiger partial charge in [0.2, 0.25) is 0 Å². The van der Waals surface area contributed by atoms with Crippen LogP contribution in [0.4, 0.5) is 0 Å². The van der Waals surface area contributed by atoms with E-state index in [2.05, 4.69) is 0 Å². The maximum Gasteiger partial charge on any atom is 0.408 e. The molecule has 0 amide bonds. The molecule has 0 spiro atoms. The number of rotatable bonds is 3. The van der Waals surface area contributed by atoms with Crippen molar-refractivity contribution in [3.05, 3.63) is 60.7 Å². The quantitative estimate of drug-likeness (QED) is 0.835. The molecule has 0 fully saturated rings. The van der Waals surface area contributed by atoms with Crippen LogP contribution >= 0.6 is 7.60 Å². The minimum absolute atomic E-state index is 0. The molecule has 3 nitrogen and oxygen atoms in total. The summed E-state index contributed by atoms with van der Waals surface area (Å²) >= 11 is 0. The van der Waals surface area contributed by atoms with E-state index in [-0.39, 0.29) is 40.8 Å². The van der Waals surface area contributed by atoms with E-state index in [0.29, 0.717) is 11.1 Å². The Balaban J connectivity index is 0.00000144. The van der Waals surface area contributed by atoms with Crippen LogP contribution in [0.2, 0.25) is 0 Å². The molecule has 0 aliphatic rings. The van der Waals surface area contributed by atoms with E-state index < -0.39 is 7.60 Å². The van der Waals surface area contributed by atoms with Gasteiger partial charge < -0.3 is 9.42 Å². The molecule has 17 heavy (non-hydrogen) atoms. The van der Waals surface area contributed by atoms with Crippen molar-refractivity contribution in [1.82, 2.24) is 0 Å².